The minimum absolute atomic E-state index is 0.0451. The van der Waals surface area contributed by atoms with Gasteiger partial charge in [0.25, 0.3) is 5.91 Å². The predicted octanol–water partition coefficient (Wildman–Crippen LogP) is 1.95. The van der Waals surface area contributed by atoms with E-state index in [0.29, 0.717) is 18.7 Å². The van der Waals surface area contributed by atoms with Gasteiger partial charge in [0.2, 0.25) is 5.91 Å². The van der Waals surface area contributed by atoms with Crippen molar-refractivity contribution >= 4 is 27.7 Å². The zero-order valence-corrected chi connectivity index (χ0v) is 17.4. The highest BCUT2D eigenvalue weighted by Gasteiger charge is 2.42. The van der Waals surface area contributed by atoms with Crippen LogP contribution in [0.5, 0.6) is 0 Å². The van der Waals surface area contributed by atoms with Gasteiger partial charge in [0.05, 0.1) is 17.6 Å². The number of benzene rings is 1. The Morgan fingerprint density at radius 3 is 2.86 bits per heavy atom. The lowest BCUT2D eigenvalue weighted by Gasteiger charge is -2.44. The van der Waals surface area contributed by atoms with Crippen LogP contribution < -0.4 is 10.6 Å². The molecule has 1 spiro atoms. The number of aromatic nitrogens is 2. The highest BCUT2D eigenvalue weighted by Crippen LogP contribution is 2.35. The van der Waals surface area contributed by atoms with Crippen molar-refractivity contribution in [2.75, 3.05) is 19.6 Å². The maximum absolute atomic E-state index is 12.9. The van der Waals surface area contributed by atoms with Gasteiger partial charge in [-0.3, -0.25) is 9.59 Å². The van der Waals surface area contributed by atoms with Gasteiger partial charge < -0.3 is 20.5 Å². The van der Waals surface area contributed by atoms with Crippen LogP contribution >= 0.6 is 15.9 Å². The molecule has 4 rings (SSSR count). The quantitative estimate of drug-likeness (QED) is 0.673. The molecule has 0 unspecified atom stereocenters. The number of imidazole rings is 1. The van der Waals surface area contributed by atoms with Crippen LogP contribution in [0, 0.1) is 0 Å². The van der Waals surface area contributed by atoms with E-state index in [9.17, 15) is 9.59 Å². The van der Waals surface area contributed by atoms with Gasteiger partial charge in [-0.2, -0.15) is 0 Å². The summed E-state index contributed by atoms with van der Waals surface area (Å²) in [4.78, 5) is 34.9. The monoisotopic (exact) mass is 445 g/mol. The van der Waals surface area contributed by atoms with E-state index in [1.165, 1.54) is 5.69 Å². The first-order valence-electron chi connectivity index (χ1n) is 9.61. The molecule has 1 atom stereocenters. The van der Waals surface area contributed by atoms with Gasteiger partial charge in [-0.25, -0.2) is 4.98 Å². The second-order valence-corrected chi connectivity index (χ2v) is 8.44. The molecule has 2 aliphatic rings. The Labute approximate surface area is 172 Å². The van der Waals surface area contributed by atoms with E-state index in [-0.39, 0.29) is 17.4 Å². The highest BCUT2D eigenvalue weighted by atomic mass is 79.9. The van der Waals surface area contributed by atoms with Crippen LogP contribution in [0.4, 0.5) is 0 Å². The Balaban J connectivity index is 1.37. The lowest BCUT2D eigenvalue weighted by molar-refractivity contribution is -0.134. The van der Waals surface area contributed by atoms with Crippen molar-refractivity contribution in [2.45, 2.75) is 37.8 Å². The molecule has 148 valence electrons. The number of likely N-dealkylation sites (tertiary alicyclic amines) is 1. The molecule has 0 saturated carbocycles. The van der Waals surface area contributed by atoms with Crippen molar-refractivity contribution in [3.8, 4) is 0 Å². The van der Waals surface area contributed by atoms with E-state index in [0.717, 1.165) is 36.0 Å². The standard InChI is InChI=1S/C20H24BrN5O2/c1-13(25-18(27)14-3-2-4-15(21)11-14)19(28)26-9-6-20(7-10-26)17-16(5-8-24-20)22-12-23-17/h2-4,11-13,24H,5-10H2,1H3,(H,22,23)(H,25,27)/t13-/m0/s1. The minimum Gasteiger partial charge on any atom is -0.348 e. The molecule has 1 aromatic heterocycles. The van der Waals surface area contributed by atoms with E-state index < -0.39 is 6.04 Å². The second-order valence-electron chi connectivity index (χ2n) is 7.52. The molecule has 1 aromatic carbocycles. The van der Waals surface area contributed by atoms with Crippen molar-refractivity contribution in [2.24, 2.45) is 0 Å². The number of nitrogens with zero attached hydrogens (tertiary/aromatic N) is 2. The Kier molecular flexibility index (Phi) is 5.25. The Morgan fingerprint density at radius 2 is 2.11 bits per heavy atom. The molecule has 7 nitrogen and oxygen atoms in total. The molecule has 2 amide bonds. The zero-order valence-electron chi connectivity index (χ0n) is 15.8. The fraction of sp³-hybridized carbons (Fsp3) is 0.450. The van der Waals surface area contributed by atoms with Crippen LogP contribution in [0.1, 0.15) is 41.5 Å². The normalized spacial score (nSPS) is 19.1. The number of nitrogens with one attached hydrogen (secondary N) is 3. The lowest BCUT2D eigenvalue weighted by Crippen LogP contribution is -2.57. The van der Waals surface area contributed by atoms with Crippen LogP contribution in [-0.2, 0) is 16.8 Å². The number of amides is 2. The summed E-state index contributed by atoms with van der Waals surface area (Å²) in [5, 5.41) is 6.45. The molecule has 1 fully saturated rings. The van der Waals surface area contributed by atoms with Crippen molar-refractivity contribution in [3.05, 3.63) is 52.0 Å². The van der Waals surface area contributed by atoms with Gasteiger partial charge in [0, 0.05) is 41.8 Å². The summed E-state index contributed by atoms with van der Waals surface area (Å²) in [6, 6.07) is 6.57. The molecule has 8 heteroatoms. The molecule has 0 radical (unpaired) electrons. The summed E-state index contributed by atoms with van der Waals surface area (Å²) in [7, 11) is 0. The smallest absolute Gasteiger partial charge is 0.251 e. The number of rotatable bonds is 3. The van der Waals surface area contributed by atoms with E-state index in [4.69, 9.17) is 0 Å². The summed E-state index contributed by atoms with van der Waals surface area (Å²) in [6.45, 7) is 3.96. The summed E-state index contributed by atoms with van der Waals surface area (Å²) in [5.74, 6) is -0.290. The van der Waals surface area contributed by atoms with Gasteiger partial charge in [-0.15, -0.1) is 0 Å². The van der Waals surface area contributed by atoms with E-state index in [1.807, 2.05) is 11.0 Å². The third-order valence-electron chi connectivity index (χ3n) is 5.74. The number of fused-ring (bicyclic) bond motifs is 2. The van der Waals surface area contributed by atoms with Crippen LogP contribution in [0.3, 0.4) is 0 Å². The molecule has 28 heavy (non-hydrogen) atoms. The molecule has 0 aliphatic carbocycles. The summed E-state index contributed by atoms with van der Waals surface area (Å²) >= 11 is 3.36. The van der Waals surface area contributed by atoms with Crippen LogP contribution in [0.15, 0.2) is 35.1 Å². The SMILES string of the molecule is C[C@H](NC(=O)c1cccc(Br)c1)C(=O)N1CCC2(CC1)NCCc1[nH]cnc12. The molecule has 2 aromatic rings. The van der Waals surface area contributed by atoms with E-state index in [1.54, 1.807) is 31.5 Å². The summed E-state index contributed by atoms with van der Waals surface area (Å²) in [5.41, 5.74) is 2.69. The number of hydrogen-bond donors (Lipinski definition) is 3. The molecule has 3 heterocycles. The Morgan fingerprint density at radius 1 is 1.32 bits per heavy atom. The first kappa shape index (κ1) is 19.1. The van der Waals surface area contributed by atoms with Gasteiger partial charge in [0.1, 0.15) is 6.04 Å². The Bertz CT molecular complexity index is 888. The number of halogens is 1. The maximum Gasteiger partial charge on any atom is 0.251 e. The minimum atomic E-state index is -0.569. The van der Waals surface area contributed by atoms with Gasteiger partial charge >= 0.3 is 0 Å². The van der Waals surface area contributed by atoms with Gasteiger partial charge in [0.15, 0.2) is 0 Å². The second kappa shape index (κ2) is 7.67. The average Bonchev–Trinajstić information content (AvgIpc) is 3.18. The number of carbonyl (C=O) groups excluding carboxylic acids is 2. The number of aromatic amines is 1. The van der Waals surface area contributed by atoms with Crippen molar-refractivity contribution in [1.29, 1.82) is 0 Å². The first-order valence-corrected chi connectivity index (χ1v) is 10.4. The number of piperidine rings is 1. The first-order chi connectivity index (χ1) is 13.5. The van der Waals surface area contributed by atoms with Crippen LogP contribution in [0.2, 0.25) is 0 Å². The van der Waals surface area contributed by atoms with Crippen LogP contribution in [-0.4, -0.2) is 52.4 Å². The third-order valence-corrected chi connectivity index (χ3v) is 6.24. The van der Waals surface area contributed by atoms with Crippen LogP contribution in [0.25, 0.3) is 0 Å². The number of H-pyrrole nitrogens is 1. The van der Waals surface area contributed by atoms with E-state index in [2.05, 4.69) is 36.5 Å². The highest BCUT2D eigenvalue weighted by molar-refractivity contribution is 9.10. The van der Waals surface area contributed by atoms with E-state index >= 15 is 0 Å². The lowest BCUT2D eigenvalue weighted by atomic mass is 9.80. The molecular formula is C20H24BrN5O2. The molecule has 0 bridgehead atoms. The summed E-state index contributed by atoms with van der Waals surface area (Å²) < 4.78 is 0.832. The fourth-order valence-corrected chi connectivity index (χ4v) is 4.60. The Hall–Kier alpha value is -2.19. The molecule has 3 N–H and O–H groups in total. The maximum atomic E-state index is 12.9. The molecule has 1 saturated heterocycles. The summed E-state index contributed by atoms with van der Waals surface area (Å²) in [6.07, 6.45) is 4.36. The van der Waals surface area contributed by atoms with Crippen molar-refractivity contribution < 1.29 is 9.59 Å². The van der Waals surface area contributed by atoms with Crippen molar-refractivity contribution in [1.82, 2.24) is 25.5 Å². The van der Waals surface area contributed by atoms with Crippen molar-refractivity contribution in [3.63, 3.8) is 0 Å². The fourth-order valence-electron chi connectivity index (χ4n) is 4.20. The van der Waals surface area contributed by atoms with Gasteiger partial charge in [-0.1, -0.05) is 22.0 Å². The topological polar surface area (TPSA) is 90.1 Å². The van der Waals surface area contributed by atoms with Gasteiger partial charge in [-0.05, 0) is 38.0 Å². The largest absolute Gasteiger partial charge is 0.348 e. The predicted molar refractivity (Wildman–Crippen MR) is 109 cm³/mol. The average molecular weight is 446 g/mol. The molecular weight excluding hydrogens is 422 g/mol. The third kappa shape index (κ3) is 3.58. The number of carbonyl (C=O) groups is 2. The zero-order chi connectivity index (χ0) is 19.7. The number of hydrogen-bond acceptors (Lipinski definition) is 4. The molecule has 2 aliphatic heterocycles.